The van der Waals surface area contributed by atoms with Gasteiger partial charge < -0.3 is 20.3 Å². The van der Waals surface area contributed by atoms with Crippen LogP contribution in [0.3, 0.4) is 0 Å². The number of hydrogen-bond donors (Lipinski definition) is 2. The first-order valence-electron chi connectivity index (χ1n) is 4.29. The maximum atomic E-state index is 9.52. The fourth-order valence-corrected chi connectivity index (χ4v) is 1.99. The van der Waals surface area contributed by atoms with E-state index >= 15 is 0 Å². The van der Waals surface area contributed by atoms with Crippen LogP contribution in [0, 0.1) is 0 Å². The van der Waals surface area contributed by atoms with Crippen molar-refractivity contribution in [2.24, 2.45) is 5.73 Å². The number of fused-ring (bicyclic) bond motifs is 1. The highest BCUT2D eigenvalue weighted by molar-refractivity contribution is 5.00. The second kappa shape index (κ2) is 2.42. The molecule has 0 amide bonds. The third kappa shape index (κ3) is 1.15. The Morgan fingerprint density at radius 1 is 1.33 bits per heavy atom. The van der Waals surface area contributed by atoms with E-state index < -0.39 is 11.9 Å². The Labute approximate surface area is 71.6 Å². The molecule has 12 heavy (non-hydrogen) atoms. The van der Waals surface area contributed by atoms with Crippen molar-refractivity contribution in [3.8, 4) is 0 Å². The monoisotopic (exact) mass is 173 g/mol. The van der Waals surface area contributed by atoms with Gasteiger partial charge in [0, 0.05) is 6.04 Å². The molecule has 4 atom stereocenters. The number of hydrogen-bond acceptors (Lipinski definition) is 4. The molecule has 2 fully saturated rings. The highest BCUT2D eigenvalue weighted by Crippen LogP contribution is 2.37. The molecule has 1 saturated carbocycles. The number of ether oxygens (including phenoxy) is 2. The maximum Gasteiger partial charge on any atom is 0.163 e. The first-order valence-corrected chi connectivity index (χ1v) is 4.29. The van der Waals surface area contributed by atoms with Gasteiger partial charge in [0.2, 0.25) is 0 Å². The molecule has 4 nitrogen and oxygen atoms in total. The summed E-state index contributed by atoms with van der Waals surface area (Å²) in [4.78, 5) is 0. The van der Waals surface area contributed by atoms with Gasteiger partial charge in [-0.2, -0.15) is 0 Å². The quantitative estimate of drug-likeness (QED) is 0.523. The number of nitrogens with two attached hydrogens (primary N) is 1. The van der Waals surface area contributed by atoms with Crippen LogP contribution in [0.4, 0.5) is 0 Å². The van der Waals surface area contributed by atoms with Gasteiger partial charge >= 0.3 is 0 Å². The van der Waals surface area contributed by atoms with Gasteiger partial charge in [-0.1, -0.05) is 0 Å². The summed E-state index contributed by atoms with van der Waals surface area (Å²) < 4.78 is 11.1. The van der Waals surface area contributed by atoms with E-state index in [1.54, 1.807) is 0 Å². The van der Waals surface area contributed by atoms with Crippen LogP contribution in [0.5, 0.6) is 0 Å². The van der Waals surface area contributed by atoms with Crippen molar-refractivity contribution in [2.75, 3.05) is 0 Å². The van der Waals surface area contributed by atoms with E-state index in [0.717, 1.165) is 0 Å². The van der Waals surface area contributed by atoms with Crippen LogP contribution < -0.4 is 5.73 Å². The average molecular weight is 173 g/mol. The van der Waals surface area contributed by atoms with Crippen molar-refractivity contribution < 1.29 is 14.6 Å². The minimum atomic E-state index is -0.589. The molecular formula is C8H15NO3. The lowest BCUT2D eigenvalue weighted by Gasteiger charge is -2.20. The van der Waals surface area contributed by atoms with Gasteiger partial charge in [0.15, 0.2) is 5.79 Å². The minimum Gasteiger partial charge on any atom is -0.390 e. The first-order chi connectivity index (χ1) is 5.49. The lowest BCUT2D eigenvalue weighted by Crippen LogP contribution is -2.35. The number of rotatable bonds is 0. The molecule has 2 aliphatic rings. The van der Waals surface area contributed by atoms with Crippen molar-refractivity contribution in [2.45, 2.75) is 50.4 Å². The van der Waals surface area contributed by atoms with Crippen LogP contribution in [0.1, 0.15) is 20.3 Å². The Hall–Kier alpha value is -0.160. The summed E-state index contributed by atoms with van der Waals surface area (Å²) in [5.41, 5.74) is 5.77. The zero-order chi connectivity index (χ0) is 8.93. The van der Waals surface area contributed by atoms with E-state index in [2.05, 4.69) is 0 Å². The molecule has 4 heteroatoms. The van der Waals surface area contributed by atoms with E-state index in [1.165, 1.54) is 0 Å². The zero-order valence-electron chi connectivity index (χ0n) is 7.36. The Kier molecular flexibility index (Phi) is 1.70. The minimum absolute atomic E-state index is 0.0909. The third-order valence-corrected chi connectivity index (χ3v) is 2.48. The molecule has 1 aliphatic carbocycles. The number of aliphatic hydroxyl groups is 1. The normalized spacial score (nSPS) is 51.0. The Bertz CT molecular complexity index is 177. The Balaban J connectivity index is 2.15. The lowest BCUT2D eigenvalue weighted by atomic mass is 10.2. The smallest absolute Gasteiger partial charge is 0.163 e. The summed E-state index contributed by atoms with van der Waals surface area (Å²) in [5.74, 6) is -0.589. The molecule has 0 spiro atoms. The molecule has 1 saturated heterocycles. The standard InChI is InChI=1S/C8H15NO3/c1-8(2)11-6-4(9)3-5(10)7(6)12-8/h4-7,10H,3,9H2,1-2H3/t4-,5-,6+,7-/m1/s1. The van der Waals surface area contributed by atoms with Gasteiger partial charge in [-0.15, -0.1) is 0 Å². The SMILES string of the molecule is CC1(C)O[C@@H]2[C@H](O1)[C@H](O)C[C@H]2N. The van der Waals surface area contributed by atoms with Gasteiger partial charge in [0.05, 0.1) is 6.10 Å². The van der Waals surface area contributed by atoms with Crippen molar-refractivity contribution in [1.29, 1.82) is 0 Å². The maximum absolute atomic E-state index is 9.52. The predicted molar refractivity (Wildman–Crippen MR) is 42.4 cm³/mol. The summed E-state index contributed by atoms with van der Waals surface area (Å²) in [6, 6.07) is -0.0909. The van der Waals surface area contributed by atoms with E-state index in [9.17, 15) is 5.11 Å². The molecule has 0 radical (unpaired) electrons. The van der Waals surface area contributed by atoms with Crippen molar-refractivity contribution in [1.82, 2.24) is 0 Å². The zero-order valence-corrected chi connectivity index (χ0v) is 7.36. The molecule has 1 aliphatic heterocycles. The largest absolute Gasteiger partial charge is 0.390 e. The molecule has 0 aromatic heterocycles. The van der Waals surface area contributed by atoms with Crippen molar-refractivity contribution in [3.05, 3.63) is 0 Å². The second-order valence-electron chi connectivity index (χ2n) is 4.03. The van der Waals surface area contributed by atoms with Crippen LogP contribution in [0.15, 0.2) is 0 Å². The highest BCUT2D eigenvalue weighted by Gasteiger charge is 2.52. The fourth-order valence-electron chi connectivity index (χ4n) is 1.99. The summed E-state index contributed by atoms with van der Waals surface area (Å²) in [5, 5.41) is 9.52. The predicted octanol–water partition coefficient (Wildman–Crippen LogP) is -0.402. The van der Waals surface area contributed by atoms with Crippen LogP contribution in [0.2, 0.25) is 0 Å². The van der Waals surface area contributed by atoms with E-state index in [4.69, 9.17) is 15.2 Å². The van der Waals surface area contributed by atoms with Gasteiger partial charge in [-0.25, -0.2) is 0 Å². The summed E-state index contributed by atoms with van der Waals surface area (Å²) in [7, 11) is 0. The molecule has 2 rings (SSSR count). The molecule has 1 heterocycles. The molecular weight excluding hydrogens is 158 g/mol. The molecule has 0 aromatic rings. The lowest BCUT2D eigenvalue weighted by molar-refractivity contribution is -0.163. The highest BCUT2D eigenvalue weighted by atomic mass is 16.8. The number of aliphatic hydroxyl groups excluding tert-OH is 1. The van der Waals surface area contributed by atoms with Gasteiger partial charge in [-0.05, 0) is 20.3 Å². The van der Waals surface area contributed by atoms with E-state index in [1.807, 2.05) is 13.8 Å². The fraction of sp³-hybridized carbons (Fsp3) is 1.00. The molecule has 0 aromatic carbocycles. The topological polar surface area (TPSA) is 64.7 Å². The molecule has 0 bridgehead atoms. The summed E-state index contributed by atoms with van der Waals surface area (Å²) >= 11 is 0. The van der Waals surface area contributed by atoms with Gasteiger partial charge in [0.1, 0.15) is 12.2 Å². The molecule has 3 N–H and O–H groups in total. The van der Waals surface area contributed by atoms with Crippen LogP contribution in [0.25, 0.3) is 0 Å². The second-order valence-corrected chi connectivity index (χ2v) is 4.03. The molecule has 70 valence electrons. The summed E-state index contributed by atoms with van der Waals surface area (Å²) in [6.07, 6.45) is -0.248. The van der Waals surface area contributed by atoms with E-state index in [-0.39, 0.29) is 18.2 Å². The van der Waals surface area contributed by atoms with Gasteiger partial charge in [-0.3, -0.25) is 0 Å². The Morgan fingerprint density at radius 2 is 1.92 bits per heavy atom. The van der Waals surface area contributed by atoms with Crippen molar-refractivity contribution >= 4 is 0 Å². The van der Waals surface area contributed by atoms with Gasteiger partial charge in [0.25, 0.3) is 0 Å². The first kappa shape index (κ1) is 8.44. The summed E-state index contributed by atoms with van der Waals surface area (Å²) in [6.45, 7) is 3.68. The Morgan fingerprint density at radius 3 is 2.50 bits per heavy atom. The van der Waals surface area contributed by atoms with Crippen LogP contribution in [-0.4, -0.2) is 35.2 Å². The van der Waals surface area contributed by atoms with Crippen molar-refractivity contribution in [3.63, 3.8) is 0 Å². The van der Waals surface area contributed by atoms with Crippen LogP contribution >= 0.6 is 0 Å². The van der Waals surface area contributed by atoms with Crippen LogP contribution in [-0.2, 0) is 9.47 Å². The average Bonchev–Trinajstić information content (AvgIpc) is 2.34. The molecule has 0 unspecified atom stereocenters. The van der Waals surface area contributed by atoms with E-state index in [0.29, 0.717) is 6.42 Å². The third-order valence-electron chi connectivity index (χ3n) is 2.48.